The average Bonchev–Trinajstić information content (AvgIpc) is 2.99. The fourth-order valence-corrected chi connectivity index (χ4v) is 3.57. The summed E-state index contributed by atoms with van der Waals surface area (Å²) in [5.41, 5.74) is 2.69. The second-order valence-corrected chi connectivity index (χ2v) is 6.14. The number of hydrogen-bond acceptors (Lipinski definition) is 3. The second-order valence-electron chi connectivity index (χ2n) is 5.00. The van der Waals surface area contributed by atoms with E-state index in [0.29, 0.717) is 11.3 Å². The lowest BCUT2D eigenvalue weighted by Crippen LogP contribution is -2.10. The summed E-state index contributed by atoms with van der Waals surface area (Å²) in [6.45, 7) is 1.53. The molecule has 1 aliphatic rings. The molecule has 20 heavy (non-hydrogen) atoms. The van der Waals surface area contributed by atoms with Crippen LogP contribution in [0, 0.1) is 0 Å². The zero-order valence-electron chi connectivity index (χ0n) is 11.2. The van der Waals surface area contributed by atoms with Crippen LogP contribution in [0.2, 0.25) is 0 Å². The van der Waals surface area contributed by atoms with Crippen molar-refractivity contribution in [3.63, 3.8) is 0 Å². The monoisotopic (exact) mass is 285 g/mol. The van der Waals surface area contributed by atoms with E-state index in [4.69, 9.17) is 0 Å². The van der Waals surface area contributed by atoms with E-state index in [1.54, 1.807) is 35.6 Å². The van der Waals surface area contributed by atoms with Gasteiger partial charge in [-0.05, 0) is 62.1 Å². The van der Waals surface area contributed by atoms with E-state index in [1.165, 1.54) is 23.8 Å². The highest BCUT2D eigenvalue weighted by molar-refractivity contribution is 7.14. The zero-order chi connectivity index (χ0) is 14.1. The molecule has 0 atom stereocenters. The summed E-state index contributed by atoms with van der Waals surface area (Å²) >= 11 is 1.59. The number of aryl methyl sites for hydroxylation is 2. The van der Waals surface area contributed by atoms with Crippen LogP contribution in [0.4, 0.5) is 5.69 Å². The predicted molar refractivity (Wildman–Crippen MR) is 80.7 cm³/mol. The highest BCUT2D eigenvalue weighted by atomic mass is 32.1. The molecule has 0 saturated carbocycles. The van der Waals surface area contributed by atoms with Gasteiger partial charge in [0, 0.05) is 16.1 Å². The molecular weight excluding hydrogens is 270 g/mol. The summed E-state index contributed by atoms with van der Waals surface area (Å²) < 4.78 is 0. The van der Waals surface area contributed by atoms with E-state index < -0.39 is 0 Å². The molecule has 4 heteroatoms. The predicted octanol–water partition coefficient (Wildman–Crippen LogP) is 3.69. The number of carbonyl (C=O) groups is 2. The molecular formula is C16H15NO2S. The minimum Gasteiger partial charge on any atom is -0.321 e. The molecule has 1 aliphatic carbocycles. The first-order chi connectivity index (χ1) is 9.63. The number of rotatable bonds is 3. The lowest BCUT2D eigenvalue weighted by molar-refractivity contribution is 0.101. The fraction of sp³-hybridized carbons (Fsp3) is 0.250. The molecule has 0 aliphatic heterocycles. The summed E-state index contributed by atoms with van der Waals surface area (Å²) in [7, 11) is 0. The zero-order valence-corrected chi connectivity index (χ0v) is 12.0. The van der Waals surface area contributed by atoms with Gasteiger partial charge < -0.3 is 5.32 Å². The van der Waals surface area contributed by atoms with Gasteiger partial charge in [-0.1, -0.05) is 0 Å². The Morgan fingerprint density at radius 2 is 1.90 bits per heavy atom. The first kappa shape index (κ1) is 13.1. The number of anilines is 1. The van der Waals surface area contributed by atoms with E-state index in [0.717, 1.165) is 17.7 Å². The number of fused-ring (bicyclic) bond motifs is 1. The van der Waals surface area contributed by atoms with Gasteiger partial charge in [-0.15, -0.1) is 11.3 Å². The third kappa shape index (κ3) is 2.51. The Morgan fingerprint density at radius 1 is 1.15 bits per heavy atom. The summed E-state index contributed by atoms with van der Waals surface area (Å²) in [6.07, 6.45) is 3.39. The standard InChI is InChI=1S/C16H15NO2S/c1-10(18)11-5-7-13(8-6-11)17-16(19)15-9-12-3-2-4-14(12)20-15/h5-9H,2-4H2,1H3,(H,17,19). The van der Waals surface area contributed by atoms with Crippen molar-refractivity contribution in [2.45, 2.75) is 26.2 Å². The Bertz CT molecular complexity index is 649. The fourth-order valence-electron chi connectivity index (χ4n) is 2.42. The van der Waals surface area contributed by atoms with Gasteiger partial charge in [-0.3, -0.25) is 9.59 Å². The maximum Gasteiger partial charge on any atom is 0.265 e. The molecule has 0 fully saturated rings. The molecule has 102 valence electrons. The molecule has 1 N–H and O–H groups in total. The number of nitrogens with one attached hydrogen (secondary N) is 1. The molecule has 3 rings (SSSR count). The molecule has 0 spiro atoms. The van der Waals surface area contributed by atoms with Crippen LogP contribution in [0.5, 0.6) is 0 Å². The van der Waals surface area contributed by atoms with E-state index in [1.807, 2.05) is 6.07 Å². The van der Waals surface area contributed by atoms with Crippen molar-refractivity contribution in [2.75, 3.05) is 5.32 Å². The lowest BCUT2D eigenvalue weighted by Gasteiger charge is -2.04. The van der Waals surface area contributed by atoms with Crippen LogP contribution < -0.4 is 5.32 Å². The van der Waals surface area contributed by atoms with Crippen molar-refractivity contribution in [1.29, 1.82) is 0 Å². The van der Waals surface area contributed by atoms with Crippen LogP contribution in [-0.4, -0.2) is 11.7 Å². The maximum absolute atomic E-state index is 12.2. The summed E-state index contributed by atoms with van der Waals surface area (Å²) in [5.74, 6) is -0.0440. The number of hydrogen-bond donors (Lipinski definition) is 1. The molecule has 1 heterocycles. The Kier molecular flexibility index (Phi) is 3.40. The number of benzene rings is 1. The average molecular weight is 285 g/mol. The van der Waals surface area contributed by atoms with Crippen molar-refractivity contribution >= 4 is 28.7 Å². The number of amides is 1. The Morgan fingerprint density at radius 3 is 2.55 bits per heavy atom. The first-order valence-corrected chi connectivity index (χ1v) is 7.49. The van der Waals surface area contributed by atoms with E-state index in [2.05, 4.69) is 5.32 Å². The van der Waals surface area contributed by atoms with Crippen LogP contribution >= 0.6 is 11.3 Å². The van der Waals surface area contributed by atoms with Crippen molar-refractivity contribution in [1.82, 2.24) is 0 Å². The highest BCUT2D eigenvalue weighted by Crippen LogP contribution is 2.30. The number of carbonyl (C=O) groups excluding carboxylic acids is 2. The third-order valence-electron chi connectivity index (χ3n) is 3.52. The molecule has 1 aromatic carbocycles. The molecule has 2 aromatic rings. The minimum absolute atomic E-state index is 0.0255. The summed E-state index contributed by atoms with van der Waals surface area (Å²) in [5, 5.41) is 2.87. The molecule has 1 amide bonds. The topological polar surface area (TPSA) is 46.2 Å². The molecule has 1 aromatic heterocycles. The summed E-state index contributed by atoms with van der Waals surface area (Å²) in [6, 6.07) is 8.98. The molecule has 0 bridgehead atoms. The van der Waals surface area contributed by atoms with Gasteiger partial charge in [-0.2, -0.15) is 0 Å². The SMILES string of the molecule is CC(=O)c1ccc(NC(=O)c2cc3c(s2)CCC3)cc1. The van der Waals surface area contributed by atoms with Crippen LogP contribution in [-0.2, 0) is 12.8 Å². The second kappa shape index (κ2) is 5.21. The van der Waals surface area contributed by atoms with Gasteiger partial charge in [0.2, 0.25) is 0 Å². The van der Waals surface area contributed by atoms with Crippen molar-refractivity contribution in [3.8, 4) is 0 Å². The van der Waals surface area contributed by atoms with E-state index >= 15 is 0 Å². The molecule has 0 radical (unpaired) electrons. The van der Waals surface area contributed by atoms with E-state index in [9.17, 15) is 9.59 Å². The van der Waals surface area contributed by atoms with Crippen LogP contribution in [0.3, 0.4) is 0 Å². The molecule has 3 nitrogen and oxygen atoms in total. The number of thiophene rings is 1. The van der Waals surface area contributed by atoms with Gasteiger partial charge in [0.25, 0.3) is 5.91 Å². The van der Waals surface area contributed by atoms with Crippen molar-refractivity contribution in [2.24, 2.45) is 0 Å². The lowest BCUT2D eigenvalue weighted by atomic mass is 10.1. The van der Waals surface area contributed by atoms with Crippen molar-refractivity contribution in [3.05, 3.63) is 51.2 Å². The van der Waals surface area contributed by atoms with Crippen LogP contribution in [0.1, 0.15) is 43.8 Å². The number of Topliss-reactive ketones (excluding diaryl/α,β-unsaturated/α-hetero) is 1. The quantitative estimate of drug-likeness (QED) is 0.874. The normalized spacial score (nSPS) is 13.1. The van der Waals surface area contributed by atoms with Gasteiger partial charge in [-0.25, -0.2) is 0 Å². The Labute approximate surface area is 121 Å². The Hall–Kier alpha value is -1.94. The minimum atomic E-state index is -0.0695. The van der Waals surface area contributed by atoms with Gasteiger partial charge in [0.05, 0.1) is 4.88 Å². The van der Waals surface area contributed by atoms with Crippen LogP contribution in [0.25, 0.3) is 0 Å². The van der Waals surface area contributed by atoms with Gasteiger partial charge in [0.1, 0.15) is 0 Å². The maximum atomic E-state index is 12.2. The molecule has 0 unspecified atom stereocenters. The Balaban J connectivity index is 1.73. The van der Waals surface area contributed by atoms with Gasteiger partial charge >= 0.3 is 0 Å². The third-order valence-corrected chi connectivity index (χ3v) is 4.76. The van der Waals surface area contributed by atoms with Crippen LogP contribution in [0.15, 0.2) is 30.3 Å². The highest BCUT2D eigenvalue weighted by Gasteiger charge is 2.18. The van der Waals surface area contributed by atoms with Gasteiger partial charge in [0.15, 0.2) is 5.78 Å². The summed E-state index contributed by atoms with van der Waals surface area (Å²) in [4.78, 5) is 25.5. The molecule has 0 saturated heterocycles. The van der Waals surface area contributed by atoms with Crippen molar-refractivity contribution < 1.29 is 9.59 Å². The van der Waals surface area contributed by atoms with E-state index in [-0.39, 0.29) is 11.7 Å². The first-order valence-electron chi connectivity index (χ1n) is 6.67. The largest absolute Gasteiger partial charge is 0.321 e. The smallest absolute Gasteiger partial charge is 0.265 e. The number of ketones is 1.